The fraction of sp³-hybridized carbons (Fsp3) is 0.154. The van der Waals surface area contributed by atoms with Crippen LogP contribution in [0.15, 0.2) is 175 Å². The number of carbonyl (C=O) groups is 4. The summed E-state index contributed by atoms with van der Waals surface area (Å²) in [5.41, 5.74) is 3.97. The Hall–Kier alpha value is -6.69. The molecule has 2 aromatic heterocycles. The molecule has 0 aliphatic rings. The van der Waals surface area contributed by atoms with Crippen molar-refractivity contribution in [3.05, 3.63) is 177 Å². The molecule has 94 heavy (non-hydrogen) atoms. The van der Waals surface area contributed by atoms with Gasteiger partial charge < -0.3 is 30.6 Å². The predicted molar refractivity (Wildman–Crippen MR) is 266 cm³/mol. The Morgan fingerprint density at radius 2 is 0.564 bits per heavy atom. The smallest absolute Gasteiger partial charge is 0.871 e. The third-order valence-corrected chi connectivity index (χ3v) is 10.1. The van der Waals surface area contributed by atoms with Gasteiger partial charge in [0, 0.05) is 8.95 Å². The first-order valence-corrected chi connectivity index (χ1v) is 24.2. The Bertz CT molecular complexity index is 3370. The van der Waals surface area contributed by atoms with Gasteiger partial charge in [-0.25, -0.2) is 9.97 Å². The van der Waals surface area contributed by atoms with Crippen molar-refractivity contribution in [2.45, 2.75) is 49.4 Å². The number of pyridine rings is 2. The zero-order chi connectivity index (χ0) is 71.3. The maximum atomic E-state index is 11.7. The number of nitrogens with zero attached hydrogens (tertiary/aromatic N) is 4. The van der Waals surface area contributed by atoms with Gasteiger partial charge in [-0.2, -0.15) is 105 Å². The Morgan fingerprint density at radius 3 is 0.766 bits per heavy atom. The van der Waals surface area contributed by atoms with Crippen LogP contribution in [0, 0.1) is 76.3 Å². The van der Waals surface area contributed by atoms with Crippen LogP contribution in [0.3, 0.4) is 0 Å². The quantitative estimate of drug-likeness (QED) is 0.0596. The van der Waals surface area contributed by atoms with Crippen molar-refractivity contribution < 1.29 is 232 Å². The van der Waals surface area contributed by atoms with Crippen molar-refractivity contribution in [2.75, 3.05) is 0 Å². The van der Waals surface area contributed by atoms with Crippen LogP contribution in [0.1, 0.15) is 11.4 Å². The molecule has 6 aromatic rings. The molecular weight excluding hydrogens is 1780 g/mol. The van der Waals surface area contributed by atoms with Crippen LogP contribution in [-0.4, -0.2) is 94.9 Å². The van der Waals surface area contributed by atoms with Crippen LogP contribution in [0.5, 0.6) is 11.5 Å². The topological polar surface area (TPSA) is 257 Å². The van der Waals surface area contributed by atoms with Crippen LogP contribution >= 0.6 is 31.9 Å². The number of carbonyl (C=O) groups excluding carboxylic acids is 4. The molecule has 2 radical (unpaired) electrons. The van der Waals surface area contributed by atoms with E-state index in [1.165, 1.54) is 12.1 Å². The van der Waals surface area contributed by atoms with E-state index in [0.29, 0.717) is 22.4 Å². The zero-order valence-electron chi connectivity index (χ0n) is 44.2. The van der Waals surface area contributed by atoms with Gasteiger partial charge in [-0.3, -0.25) is 29.2 Å². The molecule has 0 unspecified atom stereocenters. The molecule has 514 valence electrons. The molecular formula is C52H24Br2Dy2F24N4O10. The molecule has 42 heteroatoms. The number of hydrogen-bond donors (Lipinski definition) is 0. The standard InChI is InChI=1S/2C16H11BrN2O.4C5H2F6O2.2Dy/c2*17-12-5-8-13(9-6-12)18-10-14-7-4-11-2-1-3-15(20)16(11)19-14;4*6-4(7,8)2(12)1-3(13)5(9,10)11;;/h2*1-10,20H;4*1,12H;;/q;;;;;;2*+3/p-6/b;;4*2-1-;;. The second-order valence-electron chi connectivity index (χ2n) is 16.1. The largest absolute Gasteiger partial charge is 3.00 e. The van der Waals surface area contributed by atoms with Crippen molar-refractivity contribution in [3.8, 4) is 11.5 Å². The summed E-state index contributed by atoms with van der Waals surface area (Å²) >= 11 is 6.76. The van der Waals surface area contributed by atoms with Gasteiger partial charge in [-0.05, 0) is 119 Å². The fourth-order valence-corrected chi connectivity index (χ4v) is 5.41. The number of halogens is 26. The minimum absolute atomic E-state index is 0. The monoisotopic (exact) mass is 1810 g/mol. The van der Waals surface area contributed by atoms with Crippen molar-refractivity contribution >= 4 is 101 Å². The molecule has 14 nitrogen and oxygen atoms in total. The molecule has 0 spiro atoms. The molecule has 0 aliphatic carbocycles. The van der Waals surface area contributed by atoms with Gasteiger partial charge in [-0.15, -0.1) is 0 Å². The number of aliphatic imine (C=N–C) groups is 2. The normalized spacial score (nSPS) is 12.8. The maximum absolute atomic E-state index is 11.7. The Balaban J connectivity index is 0. The first kappa shape index (κ1) is 89.4. The summed E-state index contributed by atoms with van der Waals surface area (Å²) < 4.78 is 273. The van der Waals surface area contributed by atoms with Gasteiger partial charge in [0.15, 0.2) is 0 Å². The first-order chi connectivity index (χ1) is 41.6. The van der Waals surface area contributed by atoms with E-state index in [4.69, 9.17) is 0 Å². The molecule has 0 N–H and O–H groups in total. The van der Waals surface area contributed by atoms with Gasteiger partial charge in [0.1, 0.15) is 0 Å². The second kappa shape index (κ2) is 37.6. The molecule has 6 rings (SSSR count). The van der Waals surface area contributed by atoms with Crippen molar-refractivity contribution in [1.82, 2.24) is 9.97 Å². The second-order valence-corrected chi connectivity index (χ2v) is 17.9. The van der Waals surface area contributed by atoms with Crippen LogP contribution in [0.25, 0.3) is 21.8 Å². The summed E-state index contributed by atoms with van der Waals surface area (Å²) in [6, 6.07) is 33.0. The molecule has 0 amide bonds. The third-order valence-electron chi connectivity index (χ3n) is 9.04. The summed E-state index contributed by atoms with van der Waals surface area (Å²) in [6.45, 7) is 0. The van der Waals surface area contributed by atoms with Crippen LogP contribution in [-0.2, 0) is 19.2 Å². The number of allylic oxidation sites excluding steroid dienone is 8. The van der Waals surface area contributed by atoms with Gasteiger partial charge in [0.2, 0.25) is 0 Å². The maximum Gasteiger partial charge on any atom is 3.00 e. The van der Waals surface area contributed by atoms with Crippen LogP contribution in [0.4, 0.5) is 117 Å². The number of benzene rings is 4. The van der Waals surface area contributed by atoms with Crippen LogP contribution in [0.2, 0.25) is 0 Å². The number of fused-ring (bicyclic) bond motifs is 2. The average molecular weight is 1810 g/mol. The number of rotatable bonds is 8. The number of ketones is 4. The van der Waals surface area contributed by atoms with E-state index in [1.807, 2.05) is 84.9 Å². The summed E-state index contributed by atoms with van der Waals surface area (Å²) in [6.07, 6.45) is -44.4. The molecule has 2 heterocycles. The fourth-order valence-electron chi connectivity index (χ4n) is 4.88. The Kier molecular flexibility index (Phi) is 35.7. The molecule has 0 saturated heterocycles. The van der Waals surface area contributed by atoms with E-state index in [0.717, 1.165) is 31.1 Å². The van der Waals surface area contributed by atoms with E-state index < -0.39 is 120 Å². The Labute approximate surface area is 585 Å². The van der Waals surface area contributed by atoms with E-state index in [9.17, 15) is 155 Å². The average Bonchev–Trinajstić information content (AvgIpc) is 0.837. The summed E-state index contributed by atoms with van der Waals surface area (Å²) in [7, 11) is 0. The summed E-state index contributed by atoms with van der Waals surface area (Å²) in [5, 5.41) is 64.4. The predicted octanol–water partition coefficient (Wildman–Crippen LogP) is 11.3. The van der Waals surface area contributed by atoms with E-state index in [1.54, 1.807) is 24.6 Å². The van der Waals surface area contributed by atoms with E-state index in [-0.39, 0.29) is 87.8 Å². The molecule has 0 fully saturated rings. The summed E-state index contributed by atoms with van der Waals surface area (Å²) in [5.74, 6) is -22.7. The van der Waals surface area contributed by atoms with Crippen molar-refractivity contribution in [1.29, 1.82) is 0 Å². The minimum Gasteiger partial charge on any atom is -0.871 e. The van der Waals surface area contributed by atoms with E-state index >= 15 is 0 Å². The van der Waals surface area contributed by atoms with Gasteiger partial charge in [0.05, 0.1) is 46.2 Å². The molecule has 0 saturated carbocycles. The number of hydrogen-bond acceptors (Lipinski definition) is 14. The summed E-state index contributed by atoms with van der Waals surface area (Å²) in [4.78, 5) is 56.6. The SMILES string of the molecule is O=C(/C=C(\[O-])C(F)(F)F)C(F)(F)F.O=C(/C=C(\[O-])C(F)(F)F)C(F)(F)F.O=C(/C=C(\[O-])C(F)(F)F)C(F)(F)F.O=C(/C=C(\[O-])C(F)(F)F)C(F)(F)F.[Dy+3].[Dy+3].[O-]c1cccc2ccc(C=Nc3ccc(Br)cc3)nc12.[O-]c1cccc2ccc(C=Nc3ccc(Br)cc3)nc12. The van der Waals surface area contributed by atoms with Gasteiger partial charge in [0.25, 0.3) is 23.1 Å². The molecule has 0 bridgehead atoms. The first-order valence-electron chi connectivity index (χ1n) is 22.7. The van der Waals surface area contributed by atoms with Crippen molar-refractivity contribution in [3.63, 3.8) is 0 Å². The number of aromatic nitrogens is 2. The van der Waals surface area contributed by atoms with Crippen molar-refractivity contribution in [2.24, 2.45) is 9.98 Å². The molecule has 0 atom stereocenters. The van der Waals surface area contributed by atoms with Gasteiger partial charge >= 0.3 is 126 Å². The zero-order valence-corrected chi connectivity index (χ0v) is 51.4. The van der Waals surface area contributed by atoms with Crippen LogP contribution < -0.4 is 30.6 Å². The Morgan fingerprint density at radius 1 is 0.340 bits per heavy atom. The molecule has 0 aliphatic heterocycles. The number of alkyl halides is 24. The van der Waals surface area contributed by atoms with E-state index in [2.05, 4.69) is 51.8 Å². The number of para-hydroxylation sites is 2. The molecule has 4 aromatic carbocycles. The minimum atomic E-state index is -5.46. The third kappa shape index (κ3) is 34.1. The van der Waals surface area contributed by atoms with Gasteiger partial charge in [-0.1, -0.05) is 91.9 Å².